The Morgan fingerprint density at radius 1 is 1.19 bits per heavy atom. The maximum atomic E-state index is 10.3. The maximum absolute atomic E-state index is 10.3. The van der Waals surface area contributed by atoms with E-state index in [9.17, 15) is 4.21 Å². The third kappa shape index (κ3) is 5.91. The highest BCUT2D eigenvalue weighted by molar-refractivity contribution is 7.77. The van der Waals surface area contributed by atoms with Crippen LogP contribution >= 0.6 is 0 Å². The predicted octanol–water partition coefficient (Wildman–Crippen LogP) is 0.130. The Labute approximate surface area is 101 Å². The van der Waals surface area contributed by atoms with Crippen molar-refractivity contribution < 1.29 is 8.76 Å². The van der Waals surface area contributed by atoms with E-state index in [1.54, 1.807) is 0 Å². The molecule has 0 saturated carbocycles. The molecule has 1 fully saturated rings. The van der Waals surface area contributed by atoms with Gasteiger partial charge in [-0.1, -0.05) is 6.92 Å². The fourth-order valence-electron chi connectivity index (χ4n) is 2.01. The Hall–Kier alpha value is -0.0100. The van der Waals surface area contributed by atoms with Gasteiger partial charge in [-0.2, -0.15) is 0 Å². The van der Waals surface area contributed by atoms with Gasteiger partial charge in [0.15, 0.2) is 0 Å². The molecule has 1 heterocycles. The van der Waals surface area contributed by atoms with Gasteiger partial charge in [-0.25, -0.2) is 8.93 Å². The van der Waals surface area contributed by atoms with Gasteiger partial charge in [0.05, 0.1) is 0 Å². The molecule has 0 radical (unpaired) electrons. The zero-order chi connectivity index (χ0) is 11.8. The summed E-state index contributed by atoms with van der Waals surface area (Å²) in [6.45, 7) is 9.62. The molecule has 1 aliphatic rings. The molecule has 1 unspecified atom stereocenters. The number of nitrogens with zero attached hydrogens (tertiary/aromatic N) is 2. The third-order valence-electron chi connectivity index (χ3n) is 2.88. The lowest BCUT2D eigenvalue weighted by Crippen LogP contribution is -2.46. The van der Waals surface area contributed by atoms with Crippen molar-refractivity contribution in [3.05, 3.63) is 0 Å². The summed E-state index contributed by atoms with van der Waals surface area (Å²) in [5.41, 5.74) is 0. The van der Waals surface area contributed by atoms with Crippen LogP contribution in [0, 0.1) is 0 Å². The molecule has 96 valence electrons. The first-order chi connectivity index (χ1) is 7.72. The molecule has 0 aromatic carbocycles. The third-order valence-corrected chi connectivity index (χ3v) is 3.33. The van der Waals surface area contributed by atoms with Gasteiger partial charge < -0.3 is 9.80 Å². The lowest BCUT2D eigenvalue weighted by Gasteiger charge is -2.34. The first-order valence-electron chi connectivity index (χ1n) is 6.01. The fourth-order valence-corrected chi connectivity index (χ4v) is 2.33. The molecule has 2 N–H and O–H groups in total. The van der Waals surface area contributed by atoms with Crippen molar-refractivity contribution in [2.24, 2.45) is 0 Å². The average Bonchev–Trinajstić information content (AvgIpc) is 2.27. The first-order valence-corrected chi connectivity index (χ1v) is 7.12. The van der Waals surface area contributed by atoms with E-state index in [4.69, 9.17) is 4.55 Å². The molecular formula is C10H23N3O2S. The Kier molecular flexibility index (Phi) is 7.15. The first kappa shape index (κ1) is 14.1. The van der Waals surface area contributed by atoms with Crippen LogP contribution in [-0.2, 0) is 11.3 Å². The molecule has 0 aliphatic carbocycles. The minimum absolute atomic E-state index is 0.609. The van der Waals surface area contributed by atoms with Crippen molar-refractivity contribution in [3.63, 3.8) is 0 Å². The van der Waals surface area contributed by atoms with Gasteiger partial charge >= 0.3 is 0 Å². The van der Waals surface area contributed by atoms with Crippen molar-refractivity contribution >= 4 is 11.3 Å². The quantitative estimate of drug-likeness (QED) is 0.497. The zero-order valence-electron chi connectivity index (χ0n) is 10.0. The second-order valence-electron chi connectivity index (χ2n) is 4.18. The Morgan fingerprint density at radius 3 is 2.25 bits per heavy atom. The average molecular weight is 249 g/mol. The summed E-state index contributed by atoms with van der Waals surface area (Å²) < 4.78 is 21.4. The van der Waals surface area contributed by atoms with Gasteiger partial charge in [-0.05, 0) is 25.9 Å². The molecule has 5 nitrogen and oxygen atoms in total. The van der Waals surface area contributed by atoms with Crippen molar-refractivity contribution in [1.82, 2.24) is 14.5 Å². The molecule has 1 atom stereocenters. The van der Waals surface area contributed by atoms with E-state index >= 15 is 0 Å². The number of rotatable bonds is 7. The summed E-state index contributed by atoms with van der Waals surface area (Å²) in [4.78, 5) is 4.92. The SMILES string of the molecule is CCCN1CCN(CCCNS(=O)O)CC1. The predicted molar refractivity (Wildman–Crippen MR) is 66.6 cm³/mol. The summed E-state index contributed by atoms with van der Waals surface area (Å²) in [7, 11) is 0. The van der Waals surface area contributed by atoms with Crippen LogP contribution in [0.5, 0.6) is 0 Å². The highest BCUT2D eigenvalue weighted by atomic mass is 32.2. The van der Waals surface area contributed by atoms with E-state index in [1.165, 1.54) is 13.0 Å². The summed E-state index contributed by atoms with van der Waals surface area (Å²) in [6, 6.07) is 0. The van der Waals surface area contributed by atoms with Gasteiger partial charge in [0.25, 0.3) is 0 Å². The Morgan fingerprint density at radius 2 is 1.75 bits per heavy atom. The number of piperazine rings is 1. The van der Waals surface area contributed by atoms with Crippen molar-refractivity contribution in [3.8, 4) is 0 Å². The Balaban J connectivity index is 2.01. The molecule has 1 saturated heterocycles. The van der Waals surface area contributed by atoms with Gasteiger partial charge in [-0.3, -0.25) is 4.55 Å². The van der Waals surface area contributed by atoms with Crippen LogP contribution in [-0.4, -0.2) is 64.4 Å². The summed E-state index contributed by atoms with van der Waals surface area (Å²) >= 11 is -1.86. The van der Waals surface area contributed by atoms with Crippen LogP contribution in [0.1, 0.15) is 19.8 Å². The van der Waals surface area contributed by atoms with E-state index < -0.39 is 11.3 Å². The number of nitrogens with one attached hydrogen (secondary N) is 1. The molecule has 0 spiro atoms. The summed E-state index contributed by atoms with van der Waals surface area (Å²) in [6.07, 6.45) is 2.16. The molecule has 16 heavy (non-hydrogen) atoms. The van der Waals surface area contributed by atoms with Gasteiger partial charge in [0, 0.05) is 32.7 Å². The van der Waals surface area contributed by atoms with Crippen LogP contribution in [0.3, 0.4) is 0 Å². The molecule has 0 bridgehead atoms. The van der Waals surface area contributed by atoms with Crippen LogP contribution in [0.25, 0.3) is 0 Å². The lowest BCUT2D eigenvalue weighted by atomic mass is 10.3. The van der Waals surface area contributed by atoms with E-state index in [0.29, 0.717) is 6.54 Å². The smallest absolute Gasteiger partial charge is 0.231 e. The van der Waals surface area contributed by atoms with Crippen molar-refractivity contribution in [2.45, 2.75) is 19.8 Å². The summed E-state index contributed by atoms with van der Waals surface area (Å²) in [5.74, 6) is 0. The second kappa shape index (κ2) is 8.14. The second-order valence-corrected chi connectivity index (χ2v) is 4.97. The normalized spacial score (nSPS) is 21.1. The molecule has 0 amide bonds. The lowest BCUT2D eigenvalue weighted by molar-refractivity contribution is 0.132. The molecule has 1 aliphatic heterocycles. The molecular weight excluding hydrogens is 226 g/mol. The highest BCUT2D eigenvalue weighted by Gasteiger charge is 2.15. The van der Waals surface area contributed by atoms with Crippen molar-refractivity contribution in [2.75, 3.05) is 45.8 Å². The number of hydrogen-bond acceptors (Lipinski definition) is 3. The molecule has 0 aromatic rings. The minimum atomic E-state index is -1.86. The summed E-state index contributed by atoms with van der Waals surface area (Å²) in [5, 5.41) is 0. The van der Waals surface area contributed by atoms with E-state index in [0.717, 1.165) is 39.1 Å². The van der Waals surface area contributed by atoms with E-state index in [-0.39, 0.29) is 0 Å². The van der Waals surface area contributed by atoms with Gasteiger partial charge in [0.2, 0.25) is 11.3 Å². The monoisotopic (exact) mass is 249 g/mol. The van der Waals surface area contributed by atoms with Crippen LogP contribution < -0.4 is 4.72 Å². The number of hydrogen-bond donors (Lipinski definition) is 2. The zero-order valence-corrected chi connectivity index (χ0v) is 10.8. The minimum Gasteiger partial charge on any atom is -0.301 e. The molecule has 6 heteroatoms. The van der Waals surface area contributed by atoms with Gasteiger partial charge in [0.1, 0.15) is 0 Å². The van der Waals surface area contributed by atoms with Crippen molar-refractivity contribution in [1.29, 1.82) is 0 Å². The van der Waals surface area contributed by atoms with E-state index in [1.807, 2.05) is 0 Å². The standard InChI is InChI=1S/C10H23N3O2S/c1-2-5-12-7-9-13(10-8-12)6-3-4-11-16(14)15/h11H,2-10H2,1H3,(H,14,15). The fraction of sp³-hybridized carbons (Fsp3) is 1.00. The molecule has 1 rings (SSSR count). The van der Waals surface area contributed by atoms with Crippen LogP contribution in [0.4, 0.5) is 0 Å². The molecule has 0 aromatic heterocycles. The Bertz CT molecular complexity index is 208. The highest BCUT2D eigenvalue weighted by Crippen LogP contribution is 2.02. The van der Waals surface area contributed by atoms with E-state index in [2.05, 4.69) is 21.4 Å². The van der Waals surface area contributed by atoms with Crippen LogP contribution in [0.2, 0.25) is 0 Å². The van der Waals surface area contributed by atoms with Gasteiger partial charge in [-0.15, -0.1) is 0 Å². The largest absolute Gasteiger partial charge is 0.301 e. The van der Waals surface area contributed by atoms with Crippen LogP contribution in [0.15, 0.2) is 0 Å². The topological polar surface area (TPSA) is 55.8 Å². The maximum Gasteiger partial charge on any atom is 0.231 e.